The van der Waals surface area contributed by atoms with Gasteiger partial charge in [-0.15, -0.1) is 4.13 Å². The molecule has 64 heavy (non-hydrogen) atoms. The quantitative estimate of drug-likeness (QED) is 0.0866. The number of nitrogens with zero attached hydrogens (tertiary/aromatic N) is 2. The molecule has 340 valence electrons. The molecule has 0 fully saturated rings. The number of alkyl halides is 3. The van der Waals surface area contributed by atoms with E-state index in [2.05, 4.69) is 139 Å². The Morgan fingerprint density at radius 3 is 1.50 bits per heavy atom. The Hall–Kier alpha value is -6.30. The maximum atomic E-state index is 11.9. The van der Waals surface area contributed by atoms with E-state index in [0.29, 0.717) is 34.6 Å². The second kappa shape index (κ2) is 22.4. The van der Waals surface area contributed by atoms with Gasteiger partial charge >= 0.3 is 27.5 Å². The number of carbonyl (C=O) groups is 2. The second-order valence-corrected chi connectivity index (χ2v) is 18.1. The Morgan fingerprint density at radius 1 is 0.672 bits per heavy atom. The number of benzene rings is 4. The molecule has 0 heterocycles. The Morgan fingerprint density at radius 2 is 1.11 bits per heavy atom. The summed E-state index contributed by atoms with van der Waals surface area (Å²) < 4.78 is 85.9. The molecule has 1 aliphatic carbocycles. The molecule has 1 aliphatic rings. The van der Waals surface area contributed by atoms with E-state index >= 15 is 0 Å². The summed E-state index contributed by atoms with van der Waals surface area (Å²) in [6, 6.07) is 35.9. The number of esters is 2. The number of rotatable bonds is 17. The molecule has 0 radical (unpaired) electrons. The summed E-state index contributed by atoms with van der Waals surface area (Å²) in [6.07, 6.45) is 4.66. The van der Waals surface area contributed by atoms with E-state index in [1.54, 1.807) is 13.8 Å². The fourth-order valence-corrected chi connectivity index (χ4v) is 8.36. The summed E-state index contributed by atoms with van der Waals surface area (Å²) >= 11 is 0. The SMILES string of the molecule is C=C(C)C(=O)OCCN(CC)c1ccc(C(=C2C=CC(=[NH+]c3ccccc3)c3ccccc32)c2ccc(N(CC)CCOC(=O)C(=C)C)cc2)cc1.CS(=O)(=O)NS(=O)(=O)C(F)(F)F. The highest BCUT2D eigenvalue weighted by Crippen LogP contribution is 2.38. The number of nitrogens with one attached hydrogen (secondary N) is 2. The number of hydrogen-bond acceptors (Lipinski definition) is 10. The van der Waals surface area contributed by atoms with Gasteiger partial charge in [0.1, 0.15) is 13.2 Å². The van der Waals surface area contributed by atoms with Gasteiger partial charge in [0.2, 0.25) is 21.4 Å². The normalized spacial score (nSPS) is 12.9. The van der Waals surface area contributed by atoms with Crippen molar-refractivity contribution < 1.29 is 54.1 Å². The number of carbonyl (C=O) groups excluding carboxylic acids is 2. The first-order valence-corrected chi connectivity index (χ1v) is 23.4. The third-order valence-electron chi connectivity index (χ3n) is 9.50. The van der Waals surface area contributed by atoms with Gasteiger partial charge in [-0.2, -0.15) is 13.2 Å². The van der Waals surface area contributed by atoms with Crippen molar-refractivity contribution in [1.29, 1.82) is 0 Å². The fourth-order valence-electron chi connectivity index (χ4n) is 6.39. The number of allylic oxidation sites excluding steroid dienone is 3. The number of likely N-dealkylation sites (N-methyl/N-ethyl adjacent to an activating group) is 2. The minimum atomic E-state index is -5.79. The lowest BCUT2D eigenvalue weighted by Crippen LogP contribution is -2.66. The Kier molecular flexibility index (Phi) is 17.6. The predicted molar refractivity (Wildman–Crippen MR) is 246 cm³/mol. The zero-order chi connectivity index (χ0) is 47.2. The van der Waals surface area contributed by atoms with Crippen LogP contribution in [0.15, 0.2) is 140 Å². The molecule has 0 amide bonds. The molecule has 0 saturated carbocycles. The highest BCUT2D eigenvalue weighted by Gasteiger charge is 2.47. The summed E-state index contributed by atoms with van der Waals surface area (Å²) in [5, 5.41) is 0. The molecule has 0 aliphatic heterocycles. The van der Waals surface area contributed by atoms with Gasteiger partial charge in [-0.25, -0.2) is 31.4 Å². The summed E-state index contributed by atoms with van der Waals surface area (Å²) in [6.45, 7) is 18.1. The van der Waals surface area contributed by atoms with E-state index in [0.717, 1.165) is 69.3 Å². The summed E-state index contributed by atoms with van der Waals surface area (Å²) in [5.41, 5.74) is 5.97. The lowest BCUT2D eigenvalue weighted by atomic mass is 9.83. The predicted octanol–water partition coefficient (Wildman–Crippen LogP) is 6.69. The number of hydrogen-bond donors (Lipinski definition) is 2. The maximum absolute atomic E-state index is 11.9. The highest BCUT2D eigenvalue weighted by molar-refractivity contribution is 8.04. The minimum absolute atomic E-state index is 0.283. The van der Waals surface area contributed by atoms with Gasteiger partial charge < -0.3 is 19.3 Å². The lowest BCUT2D eigenvalue weighted by molar-refractivity contribution is -0.351. The van der Waals surface area contributed by atoms with Crippen LogP contribution in [-0.2, 0) is 39.1 Å². The second-order valence-electron chi connectivity index (χ2n) is 14.5. The van der Waals surface area contributed by atoms with Crippen molar-refractivity contribution in [3.05, 3.63) is 162 Å². The van der Waals surface area contributed by atoms with Gasteiger partial charge in [0, 0.05) is 53.8 Å². The summed E-state index contributed by atoms with van der Waals surface area (Å²) in [4.78, 5) is 31.9. The minimum Gasteiger partial charge on any atom is -0.460 e. The van der Waals surface area contributed by atoms with Crippen LogP contribution in [0.3, 0.4) is 0 Å². The van der Waals surface area contributed by atoms with Crippen molar-refractivity contribution in [2.75, 3.05) is 55.4 Å². The third kappa shape index (κ3) is 14.1. The van der Waals surface area contributed by atoms with Gasteiger partial charge in [0.05, 0.1) is 24.9 Å². The summed E-state index contributed by atoms with van der Waals surface area (Å²) in [7, 11) is -10.2. The average molecular weight is 922 g/mol. The van der Waals surface area contributed by atoms with E-state index in [1.807, 2.05) is 18.2 Å². The van der Waals surface area contributed by atoms with Crippen molar-refractivity contribution in [2.24, 2.45) is 0 Å². The first kappa shape index (κ1) is 50.3. The number of ether oxygens (including phenoxy) is 2. The van der Waals surface area contributed by atoms with E-state index in [-0.39, 0.29) is 25.2 Å². The Labute approximate surface area is 373 Å². The fraction of sp³-hybridized carbons (Fsp3) is 0.255. The van der Waals surface area contributed by atoms with Gasteiger partial charge in [0.25, 0.3) is 0 Å². The van der Waals surface area contributed by atoms with E-state index in [4.69, 9.17) is 9.47 Å². The number of para-hydroxylation sites is 1. The lowest BCUT2D eigenvalue weighted by Gasteiger charge is -2.25. The molecule has 0 unspecified atom stereocenters. The van der Waals surface area contributed by atoms with E-state index in [1.165, 1.54) is 0 Å². The molecule has 5 rings (SSSR count). The van der Waals surface area contributed by atoms with Crippen LogP contribution in [0.1, 0.15) is 49.9 Å². The number of fused-ring (bicyclic) bond motifs is 1. The van der Waals surface area contributed by atoms with Crippen molar-refractivity contribution in [3.8, 4) is 0 Å². The molecule has 4 aromatic carbocycles. The zero-order valence-corrected chi connectivity index (χ0v) is 37.9. The van der Waals surface area contributed by atoms with Crippen LogP contribution in [0.2, 0.25) is 0 Å². The topological polar surface area (TPSA) is 153 Å². The standard InChI is InChI=1S/C45H47N3O4.C2H4F3NO4S2/c1-7-47(28-30-51-44(49)32(3)4)37-22-18-34(19-23-37)43(35-20-24-38(25-21-35)48(8-2)29-31-52-45(50)33(5)6)41-26-27-42(40-17-13-12-16-39(40)41)46-36-14-10-9-11-15-36;1-11(7,8)6-12(9,10)2(3,4)5/h9-27H,3,5,7-8,28-31H2,1-2,4,6H3;6H,1H3/p+1. The smallest absolute Gasteiger partial charge is 0.460 e. The molecule has 0 bridgehead atoms. The van der Waals surface area contributed by atoms with Crippen molar-refractivity contribution in [1.82, 2.24) is 4.13 Å². The van der Waals surface area contributed by atoms with Gasteiger partial charge in [-0.3, -0.25) is 0 Å². The largest absolute Gasteiger partial charge is 0.512 e. The van der Waals surface area contributed by atoms with Crippen molar-refractivity contribution >= 4 is 65.9 Å². The van der Waals surface area contributed by atoms with E-state index < -0.39 is 25.6 Å². The molecular formula is C47H52F3N4O8S2+. The van der Waals surface area contributed by atoms with Crippen LogP contribution < -0.4 is 18.9 Å². The molecular weight excluding hydrogens is 870 g/mol. The number of halogens is 3. The molecule has 12 nitrogen and oxygen atoms in total. The molecule has 0 aromatic heterocycles. The zero-order valence-electron chi connectivity index (χ0n) is 36.2. The van der Waals surface area contributed by atoms with Crippen LogP contribution in [0.25, 0.3) is 11.1 Å². The Bertz CT molecular complexity index is 2540. The first-order chi connectivity index (χ1) is 30.2. The molecule has 0 spiro atoms. The first-order valence-electron chi connectivity index (χ1n) is 20.0. The maximum Gasteiger partial charge on any atom is 0.512 e. The van der Waals surface area contributed by atoms with Gasteiger partial charge in [-0.05, 0) is 91.9 Å². The van der Waals surface area contributed by atoms with Crippen LogP contribution >= 0.6 is 0 Å². The molecule has 0 atom stereocenters. The number of sulfonamides is 2. The van der Waals surface area contributed by atoms with Crippen LogP contribution in [0.4, 0.5) is 30.2 Å². The van der Waals surface area contributed by atoms with Crippen molar-refractivity contribution in [2.45, 2.75) is 33.2 Å². The Balaban J connectivity index is 0.000000654. The molecule has 2 N–H and O–H groups in total. The monoisotopic (exact) mass is 921 g/mol. The molecule has 0 saturated heterocycles. The molecule has 17 heteroatoms. The molecule has 4 aromatic rings. The average Bonchev–Trinajstić information content (AvgIpc) is 3.24. The van der Waals surface area contributed by atoms with Crippen molar-refractivity contribution in [3.63, 3.8) is 0 Å². The van der Waals surface area contributed by atoms with Crippen LogP contribution in [0.5, 0.6) is 0 Å². The van der Waals surface area contributed by atoms with Crippen LogP contribution in [0, 0.1) is 0 Å². The summed E-state index contributed by atoms with van der Waals surface area (Å²) in [5.74, 6) is -0.746. The van der Waals surface area contributed by atoms with Gasteiger partial charge in [-0.1, -0.05) is 73.8 Å². The van der Waals surface area contributed by atoms with Crippen LogP contribution in [-0.4, -0.2) is 85.6 Å². The third-order valence-corrected chi connectivity index (χ3v) is 12.2. The highest BCUT2D eigenvalue weighted by atomic mass is 32.3. The number of anilines is 2. The van der Waals surface area contributed by atoms with E-state index in [9.17, 15) is 39.6 Å². The van der Waals surface area contributed by atoms with Gasteiger partial charge in [0.15, 0.2) is 0 Å².